The van der Waals surface area contributed by atoms with Gasteiger partial charge < -0.3 is 19.3 Å². The first-order valence-electron chi connectivity index (χ1n) is 5.86. The number of aliphatic hydroxyl groups excluding tert-OH is 1. The monoisotopic (exact) mass is 268 g/mol. The fraction of sp³-hybridized carbons (Fsp3) is 0.500. The predicted molar refractivity (Wildman–Crippen MR) is 70.3 cm³/mol. The van der Waals surface area contributed by atoms with Gasteiger partial charge in [-0.2, -0.15) is 0 Å². The highest BCUT2D eigenvalue weighted by Crippen LogP contribution is 2.40. The van der Waals surface area contributed by atoms with Crippen LogP contribution in [0.4, 0.5) is 0 Å². The second-order valence-electron chi connectivity index (χ2n) is 4.72. The SMILES string of the molecule is COC(=O)C(C)(C)C(O)c1cc(OC)ccc1OC. The van der Waals surface area contributed by atoms with E-state index in [-0.39, 0.29) is 0 Å². The Hall–Kier alpha value is -1.75. The molecule has 0 aromatic heterocycles. The minimum atomic E-state index is -1.09. The molecule has 1 unspecified atom stereocenters. The smallest absolute Gasteiger partial charge is 0.314 e. The van der Waals surface area contributed by atoms with Crippen molar-refractivity contribution in [3.8, 4) is 11.5 Å². The van der Waals surface area contributed by atoms with Gasteiger partial charge in [-0.15, -0.1) is 0 Å². The van der Waals surface area contributed by atoms with Crippen LogP contribution in [0, 0.1) is 5.41 Å². The van der Waals surface area contributed by atoms with Crippen molar-refractivity contribution in [2.24, 2.45) is 5.41 Å². The lowest BCUT2D eigenvalue weighted by molar-refractivity contribution is -0.157. The van der Waals surface area contributed by atoms with Gasteiger partial charge in [-0.25, -0.2) is 0 Å². The van der Waals surface area contributed by atoms with Crippen molar-refractivity contribution in [3.63, 3.8) is 0 Å². The predicted octanol–water partition coefficient (Wildman–Crippen LogP) is 1.94. The van der Waals surface area contributed by atoms with Crippen molar-refractivity contribution in [2.45, 2.75) is 20.0 Å². The van der Waals surface area contributed by atoms with Crippen LogP contribution in [-0.2, 0) is 9.53 Å². The molecule has 106 valence electrons. The van der Waals surface area contributed by atoms with Crippen molar-refractivity contribution in [2.75, 3.05) is 21.3 Å². The van der Waals surface area contributed by atoms with Crippen molar-refractivity contribution >= 4 is 5.97 Å². The van der Waals surface area contributed by atoms with Crippen LogP contribution < -0.4 is 9.47 Å². The molecule has 5 heteroatoms. The second kappa shape index (κ2) is 5.93. The molecular weight excluding hydrogens is 248 g/mol. The van der Waals surface area contributed by atoms with Crippen LogP contribution in [0.3, 0.4) is 0 Å². The van der Waals surface area contributed by atoms with E-state index < -0.39 is 17.5 Å². The van der Waals surface area contributed by atoms with Gasteiger partial charge in [0, 0.05) is 5.56 Å². The lowest BCUT2D eigenvalue weighted by Gasteiger charge is -2.29. The third-order valence-corrected chi connectivity index (χ3v) is 3.13. The van der Waals surface area contributed by atoms with Crippen molar-refractivity contribution < 1.29 is 24.1 Å². The fourth-order valence-electron chi connectivity index (χ4n) is 1.82. The van der Waals surface area contributed by atoms with Gasteiger partial charge in [0.1, 0.15) is 11.5 Å². The van der Waals surface area contributed by atoms with Gasteiger partial charge in [0.05, 0.1) is 32.8 Å². The van der Waals surface area contributed by atoms with E-state index in [1.807, 2.05) is 0 Å². The van der Waals surface area contributed by atoms with Crippen molar-refractivity contribution in [3.05, 3.63) is 23.8 Å². The van der Waals surface area contributed by atoms with Crippen LogP contribution in [0.1, 0.15) is 25.5 Å². The maximum absolute atomic E-state index is 11.7. The van der Waals surface area contributed by atoms with Gasteiger partial charge in [0.15, 0.2) is 0 Å². The third kappa shape index (κ3) is 2.98. The summed E-state index contributed by atoms with van der Waals surface area (Å²) in [5, 5.41) is 10.4. The average Bonchev–Trinajstić information content (AvgIpc) is 2.44. The molecule has 0 aliphatic carbocycles. The Kier molecular flexibility index (Phi) is 4.78. The van der Waals surface area contributed by atoms with Crippen LogP contribution in [0.15, 0.2) is 18.2 Å². The molecule has 1 atom stereocenters. The van der Waals surface area contributed by atoms with Gasteiger partial charge in [0.25, 0.3) is 0 Å². The molecular formula is C14H20O5. The van der Waals surface area contributed by atoms with Crippen molar-refractivity contribution in [1.82, 2.24) is 0 Å². The highest BCUT2D eigenvalue weighted by molar-refractivity contribution is 5.77. The summed E-state index contributed by atoms with van der Waals surface area (Å²) >= 11 is 0. The molecule has 5 nitrogen and oxygen atoms in total. The molecule has 0 spiro atoms. The van der Waals surface area contributed by atoms with E-state index in [1.54, 1.807) is 32.0 Å². The lowest BCUT2D eigenvalue weighted by Crippen LogP contribution is -2.32. The number of esters is 1. The molecule has 0 amide bonds. The maximum Gasteiger partial charge on any atom is 0.314 e. The van der Waals surface area contributed by atoms with Gasteiger partial charge >= 0.3 is 5.97 Å². The first-order valence-corrected chi connectivity index (χ1v) is 5.86. The zero-order valence-electron chi connectivity index (χ0n) is 11.9. The number of carbonyl (C=O) groups excluding carboxylic acids is 1. The Morgan fingerprint density at radius 1 is 1.21 bits per heavy atom. The van der Waals surface area contributed by atoms with Gasteiger partial charge in [-0.3, -0.25) is 4.79 Å². The molecule has 0 saturated heterocycles. The van der Waals surface area contributed by atoms with Crippen LogP contribution in [-0.4, -0.2) is 32.4 Å². The molecule has 0 aliphatic rings. The molecule has 1 N–H and O–H groups in total. The molecule has 0 bridgehead atoms. The van der Waals surface area contributed by atoms with Crippen LogP contribution in [0.5, 0.6) is 11.5 Å². The highest BCUT2D eigenvalue weighted by Gasteiger charge is 2.39. The topological polar surface area (TPSA) is 65.0 Å². The van der Waals surface area contributed by atoms with E-state index in [4.69, 9.17) is 14.2 Å². The Bertz CT molecular complexity index is 453. The highest BCUT2D eigenvalue weighted by atomic mass is 16.5. The summed E-state index contributed by atoms with van der Waals surface area (Å²) in [7, 11) is 4.33. The number of methoxy groups -OCH3 is 3. The molecule has 1 rings (SSSR count). The van der Waals surface area contributed by atoms with Crippen LogP contribution in [0.25, 0.3) is 0 Å². The van der Waals surface area contributed by atoms with Gasteiger partial charge in [-0.05, 0) is 32.0 Å². The number of aliphatic hydroxyl groups is 1. The molecule has 1 aromatic rings. The quantitative estimate of drug-likeness (QED) is 0.827. The molecule has 0 fully saturated rings. The summed E-state index contributed by atoms with van der Waals surface area (Å²) in [4.78, 5) is 11.7. The molecule has 0 saturated carbocycles. The maximum atomic E-state index is 11.7. The van der Waals surface area contributed by atoms with E-state index >= 15 is 0 Å². The number of hydrogen-bond acceptors (Lipinski definition) is 5. The average molecular weight is 268 g/mol. The zero-order valence-corrected chi connectivity index (χ0v) is 11.9. The van der Waals surface area contributed by atoms with E-state index in [9.17, 15) is 9.90 Å². The lowest BCUT2D eigenvalue weighted by atomic mass is 9.82. The molecule has 0 heterocycles. The first kappa shape index (κ1) is 15.3. The summed E-state index contributed by atoms with van der Waals surface area (Å²) in [6.07, 6.45) is -1.06. The Balaban J connectivity index is 3.23. The number of carbonyl (C=O) groups is 1. The normalized spacial score (nSPS) is 12.7. The minimum absolute atomic E-state index is 0.484. The van der Waals surface area contributed by atoms with E-state index in [0.717, 1.165) is 0 Å². The van der Waals surface area contributed by atoms with Crippen LogP contribution in [0.2, 0.25) is 0 Å². The largest absolute Gasteiger partial charge is 0.497 e. The summed E-state index contributed by atoms with van der Waals surface area (Å²) in [6, 6.07) is 5.05. The Morgan fingerprint density at radius 2 is 1.84 bits per heavy atom. The Morgan fingerprint density at radius 3 is 2.32 bits per heavy atom. The van der Waals surface area contributed by atoms with Crippen LogP contribution >= 0.6 is 0 Å². The number of rotatable bonds is 5. The van der Waals surface area contributed by atoms with E-state index in [2.05, 4.69) is 0 Å². The fourth-order valence-corrected chi connectivity index (χ4v) is 1.82. The number of ether oxygens (including phenoxy) is 3. The van der Waals surface area contributed by atoms with Crippen molar-refractivity contribution in [1.29, 1.82) is 0 Å². The summed E-state index contributed by atoms with van der Waals surface area (Å²) in [6.45, 7) is 3.23. The van der Waals surface area contributed by atoms with E-state index in [1.165, 1.54) is 21.3 Å². The molecule has 1 aromatic carbocycles. The first-order chi connectivity index (χ1) is 8.88. The summed E-state index contributed by atoms with van der Waals surface area (Å²) < 4.78 is 15.0. The number of benzene rings is 1. The minimum Gasteiger partial charge on any atom is -0.497 e. The molecule has 0 radical (unpaired) electrons. The third-order valence-electron chi connectivity index (χ3n) is 3.13. The molecule has 0 aliphatic heterocycles. The summed E-state index contributed by atoms with van der Waals surface area (Å²) in [5.41, 5.74) is -0.605. The zero-order chi connectivity index (χ0) is 14.6. The Labute approximate surface area is 113 Å². The number of hydrogen-bond donors (Lipinski definition) is 1. The van der Waals surface area contributed by atoms with Gasteiger partial charge in [-0.1, -0.05) is 0 Å². The summed E-state index contributed by atoms with van der Waals surface area (Å²) in [5.74, 6) is 0.575. The second-order valence-corrected chi connectivity index (χ2v) is 4.72. The van der Waals surface area contributed by atoms with Gasteiger partial charge in [0.2, 0.25) is 0 Å². The standard InChI is InChI=1S/C14H20O5/c1-14(2,13(16)19-5)12(15)10-8-9(17-3)6-7-11(10)18-4/h6-8,12,15H,1-5H3. The van der Waals surface area contributed by atoms with E-state index in [0.29, 0.717) is 17.1 Å². The molecule has 19 heavy (non-hydrogen) atoms.